The maximum Gasteiger partial charge on any atom is 0.303 e. The second-order valence-corrected chi connectivity index (χ2v) is 8.11. The average molecular weight is 445 g/mol. The van der Waals surface area contributed by atoms with Crippen LogP contribution in [0.3, 0.4) is 0 Å². The number of carboxylic acids is 1. The van der Waals surface area contributed by atoms with Crippen LogP contribution in [-0.4, -0.2) is 22.8 Å². The summed E-state index contributed by atoms with van der Waals surface area (Å²) in [5, 5.41) is 19.1. The molecule has 0 spiro atoms. The Bertz CT molecular complexity index is 882. The number of aliphatic hydroxyl groups excluding tert-OH is 1. The predicted molar refractivity (Wildman–Crippen MR) is 120 cm³/mol. The summed E-state index contributed by atoms with van der Waals surface area (Å²) in [6.45, 7) is 0.448. The van der Waals surface area contributed by atoms with Crippen LogP contribution in [0.5, 0.6) is 0 Å². The van der Waals surface area contributed by atoms with E-state index in [4.69, 9.17) is 26.2 Å². The minimum absolute atomic E-state index is 0.0558. The molecule has 3 atom stereocenters. The molecule has 31 heavy (non-hydrogen) atoms. The van der Waals surface area contributed by atoms with Gasteiger partial charge in [-0.2, -0.15) is 0 Å². The minimum Gasteiger partial charge on any atom is -0.481 e. The highest BCUT2D eigenvalue weighted by atomic mass is 35.5. The van der Waals surface area contributed by atoms with Gasteiger partial charge in [0.25, 0.3) is 0 Å². The van der Waals surface area contributed by atoms with E-state index in [1.807, 2.05) is 48.5 Å². The van der Waals surface area contributed by atoms with Gasteiger partial charge in [-0.05, 0) is 42.9 Å². The van der Waals surface area contributed by atoms with Gasteiger partial charge >= 0.3 is 5.97 Å². The van der Waals surface area contributed by atoms with Crippen molar-refractivity contribution in [3.05, 3.63) is 82.4 Å². The number of carboxylic acid groups (broad SMARTS) is 1. The molecule has 1 saturated heterocycles. The van der Waals surface area contributed by atoms with E-state index in [-0.39, 0.29) is 25.0 Å². The first kappa shape index (κ1) is 23.5. The van der Waals surface area contributed by atoms with Crippen LogP contribution in [0.15, 0.2) is 60.7 Å². The van der Waals surface area contributed by atoms with Crippen LogP contribution >= 0.6 is 11.6 Å². The maximum absolute atomic E-state index is 10.6. The van der Waals surface area contributed by atoms with Gasteiger partial charge in [-0.25, -0.2) is 0 Å². The van der Waals surface area contributed by atoms with Crippen LogP contribution in [0.2, 0.25) is 5.02 Å². The van der Waals surface area contributed by atoms with Gasteiger partial charge in [-0.15, -0.1) is 0 Å². The van der Waals surface area contributed by atoms with Crippen molar-refractivity contribution in [1.29, 1.82) is 0 Å². The van der Waals surface area contributed by atoms with Crippen molar-refractivity contribution in [2.75, 3.05) is 6.61 Å². The first-order valence-electron chi connectivity index (χ1n) is 10.7. The SMILES string of the molecule is O=C(O)CCCC/C=C\C[C@@H]1CO[C@H](c2ccccc2Cl)O[C@@H]1c1ccccc1CO. The fourth-order valence-corrected chi connectivity index (χ4v) is 4.04. The maximum atomic E-state index is 10.6. The Hall–Kier alpha value is -2.18. The topological polar surface area (TPSA) is 76.0 Å². The molecule has 0 aromatic heterocycles. The normalized spacial score (nSPS) is 21.4. The number of allylic oxidation sites excluding steroid dienone is 2. The van der Waals surface area contributed by atoms with Crippen molar-refractivity contribution in [2.45, 2.75) is 51.1 Å². The molecule has 1 aliphatic rings. The van der Waals surface area contributed by atoms with E-state index in [2.05, 4.69) is 12.2 Å². The van der Waals surface area contributed by atoms with Gasteiger partial charge in [0.2, 0.25) is 0 Å². The monoisotopic (exact) mass is 444 g/mol. The minimum atomic E-state index is -0.751. The molecule has 0 amide bonds. The molecule has 1 heterocycles. The zero-order chi connectivity index (χ0) is 22.1. The molecule has 0 unspecified atom stereocenters. The summed E-state index contributed by atoms with van der Waals surface area (Å²) in [4.78, 5) is 10.6. The molecule has 2 aromatic rings. The number of carbonyl (C=O) groups is 1. The van der Waals surface area contributed by atoms with Crippen LogP contribution in [0, 0.1) is 5.92 Å². The Kier molecular flexibility index (Phi) is 9.10. The van der Waals surface area contributed by atoms with E-state index in [1.165, 1.54) is 0 Å². The summed E-state index contributed by atoms with van der Waals surface area (Å²) in [5.41, 5.74) is 2.60. The van der Waals surface area contributed by atoms with Crippen molar-refractivity contribution < 1.29 is 24.5 Å². The van der Waals surface area contributed by atoms with Gasteiger partial charge in [0.05, 0.1) is 19.3 Å². The largest absolute Gasteiger partial charge is 0.481 e. The highest BCUT2D eigenvalue weighted by molar-refractivity contribution is 6.31. The van der Waals surface area contributed by atoms with Gasteiger partial charge in [0.1, 0.15) is 0 Å². The van der Waals surface area contributed by atoms with Gasteiger partial charge in [0, 0.05) is 22.9 Å². The van der Waals surface area contributed by atoms with Crippen molar-refractivity contribution in [3.63, 3.8) is 0 Å². The summed E-state index contributed by atoms with van der Waals surface area (Å²) in [6, 6.07) is 15.3. The highest BCUT2D eigenvalue weighted by Gasteiger charge is 2.34. The lowest BCUT2D eigenvalue weighted by Crippen LogP contribution is -2.31. The van der Waals surface area contributed by atoms with Crippen molar-refractivity contribution >= 4 is 17.6 Å². The summed E-state index contributed by atoms with van der Waals surface area (Å²) < 4.78 is 12.4. The van der Waals surface area contributed by atoms with Crippen LogP contribution in [0.4, 0.5) is 0 Å². The molecule has 6 heteroatoms. The third kappa shape index (κ3) is 6.65. The van der Waals surface area contributed by atoms with Gasteiger partial charge in [0.15, 0.2) is 6.29 Å². The average Bonchev–Trinajstić information content (AvgIpc) is 2.78. The van der Waals surface area contributed by atoms with Crippen molar-refractivity contribution in [3.8, 4) is 0 Å². The van der Waals surface area contributed by atoms with E-state index < -0.39 is 12.3 Å². The lowest BCUT2D eigenvalue weighted by molar-refractivity contribution is -0.244. The fourth-order valence-electron chi connectivity index (χ4n) is 3.81. The second kappa shape index (κ2) is 12.0. The van der Waals surface area contributed by atoms with Crippen molar-refractivity contribution in [1.82, 2.24) is 0 Å². The van der Waals surface area contributed by atoms with E-state index >= 15 is 0 Å². The van der Waals surface area contributed by atoms with Crippen LogP contribution < -0.4 is 0 Å². The lowest BCUT2D eigenvalue weighted by atomic mass is 9.89. The number of ether oxygens (including phenoxy) is 2. The molecule has 0 aliphatic carbocycles. The Morgan fingerprint density at radius 3 is 2.55 bits per heavy atom. The number of hydrogen-bond donors (Lipinski definition) is 2. The summed E-state index contributed by atoms with van der Waals surface area (Å²) in [6.07, 6.45) is 6.76. The first-order valence-corrected chi connectivity index (χ1v) is 11.0. The van der Waals surface area contributed by atoms with Crippen LogP contribution in [-0.2, 0) is 20.9 Å². The number of rotatable bonds is 10. The molecule has 0 saturated carbocycles. The second-order valence-electron chi connectivity index (χ2n) is 7.71. The molecule has 0 radical (unpaired) electrons. The Morgan fingerprint density at radius 1 is 1.06 bits per heavy atom. The molecule has 0 bridgehead atoms. The zero-order valence-electron chi connectivity index (χ0n) is 17.5. The first-order chi connectivity index (χ1) is 15.1. The van der Waals surface area contributed by atoms with E-state index in [9.17, 15) is 9.90 Å². The molecule has 166 valence electrons. The van der Waals surface area contributed by atoms with Crippen LogP contribution in [0.25, 0.3) is 0 Å². The Balaban J connectivity index is 1.71. The molecule has 1 fully saturated rings. The number of hydrogen-bond acceptors (Lipinski definition) is 4. The summed E-state index contributed by atoms with van der Waals surface area (Å²) >= 11 is 6.36. The van der Waals surface area contributed by atoms with E-state index in [1.54, 1.807) is 0 Å². The summed E-state index contributed by atoms with van der Waals surface area (Å²) in [7, 11) is 0. The molecule has 1 aliphatic heterocycles. The van der Waals surface area contributed by atoms with Gasteiger partial charge in [-0.3, -0.25) is 4.79 Å². The highest BCUT2D eigenvalue weighted by Crippen LogP contribution is 2.42. The quantitative estimate of drug-likeness (QED) is 0.356. The molecule has 2 aromatic carbocycles. The fraction of sp³-hybridized carbons (Fsp3) is 0.400. The predicted octanol–water partition coefficient (Wildman–Crippen LogP) is 5.83. The molecule has 3 rings (SSSR count). The molecule has 2 N–H and O–H groups in total. The standard InChI is InChI=1S/C25H29ClO5/c26-22-14-9-8-13-21(22)25-30-17-19(11-4-2-1-3-5-15-23(28)29)24(31-25)20-12-7-6-10-18(20)16-27/h2,4,6-10,12-14,19,24-25,27H,1,3,5,11,15-17H2,(H,28,29)/b4-2-/t19-,24+,25+/m1/s1. The molecule has 5 nitrogen and oxygen atoms in total. The molecular formula is C25H29ClO5. The van der Waals surface area contributed by atoms with Crippen molar-refractivity contribution in [2.24, 2.45) is 5.92 Å². The molecular weight excluding hydrogens is 416 g/mol. The smallest absolute Gasteiger partial charge is 0.303 e. The third-order valence-corrected chi connectivity index (χ3v) is 5.81. The number of unbranched alkanes of at least 4 members (excludes halogenated alkanes) is 2. The summed E-state index contributed by atoms with van der Waals surface area (Å²) in [5.74, 6) is -0.666. The van der Waals surface area contributed by atoms with E-state index in [0.29, 0.717) is 18.1 Å². The Labute approximate surface area is 188 Å². The Morgan fingerprint density at radius 2 is 1.81 bits per heavy atom. The number of halogens is 1. The lowest BCUT2D eigenvalue weighted by Gasteiger charge is -2.37. The van der Waals surface area contributed by atoms with Crippen LogP contribution in [0.1, 0.15) is 61.2 Å². The van der Waals surface area contributed by atoms with Gasteiger partial charge < -0.3 is 19.7 Å². The van der Waals surface area contributed by atoms with Gasteiger partial charge in [-0.1, -0.05) is 66.2 Å². The number of aliphatic hydroxyl groups is 1. The van der Waals surface area contributed by atoms with E-state index in [0.717, 1.165) is 36.0 Å². The number of aliphatic carboxylic acids is 1. The zero-order valence-corrected chi connectivity index (χ0v) is 18.2. The third-order valence-electron chi connectivity index (χ3n) is 5.47. The number of benzene rings is 2.